The summed E-state index contributed by atoms with van der Waals surface area (Å²) in [5.74, 6) is -3.91. The van der Waals surface area contributed by atoms with E-state index in [1.54, 1.807) is 0 Å². The zero-order valence-corrected chi connectivity index (χ0v) is 19.1. The first-order valence-corrected chi connectivity index (χ1v) is 11.7. The van der Waals surface area contributed by atoms with Crippen LogP contribution in [-0.2, 0) is 15.1 Å². The standard InChI is InChI=1S/C21H20O15S/c22-6-14-16(27)17(28)18(29)21(34-14)35-19-11(26)4-9(24)15-10(25)5-12(33-20(15)19)7-1-2-8(23)13(3-7)36-37(30,31)32/h1-5,14,16-18,21-24,26-29H,6H2,(H,30,31,32)/t14?,16-,17+,18?,21+/m1/s1. The number of aliphatic hydroxyl groups is 4. The molecular formula is C21H20O15S. The Morgan fingerprint density at radius 3 is 2.27 bits per heavy atom. The highest BCUT2D eigenvalue weighted by Gasteiger charge is 2.45. The van der Waals surface area contributed by atoms with E-state index in [1.807, 2.05) is 0 Å². The second kappa shape index (κ2) is 9.67. The number of ether oxygens (including phenoxy) is 2. The van der Waals surface area contributed by atoms with Gasteiger partial charge in [0.1, 0.15) is 41.3 Å². The van der Waals surface area contributed by atoms with E-state index in [9.17, 15) is 49.0 Å². The molecular weight excluding hydrogens is 524 g/mol. The largest absolute Gasteiger partial charge is 0.507 e. The van der Waals surface area contributed by atoms with Crippen molar-refractivity contribution < 1.29 is 66.8 Å². The molecule has 1 aliphatic rings. The fourth-order valence-corrected chi connectivity index (χ4v) is 4.02. The Kier molecular flexibility index (Phi) is 6.91. The van der Waals surface area contributed by atoms with Crippen molar-refractivity contribution >= 4 is 21.4 Å². The van der Waals surface area contributed by atoms with Crippen LogP contribution in [-0.4, -0.2) is 86.0 Å². The third kappa shape index (κ3) is 5.12. The summed E-state index contributed by atoms with van der Waals surface area (Å²) in [4.78, 5) is 12.8. The minimum atomic E-state index is -5.03. The minimum Gasteiger partial charge on any atom is -0.507 e. The van der Waals surface area contributed by atoms with Gasteiger partial charge in [-0.3, -0.25) is 9.35 Å². The van der Waals surface area contributed by atoms with Gasteiger partial charge in [-0.2, -0.15) is 8.42 Å². The highest BCUT2D eigenvalue weighted by Crippen LogP contribution is 2.42. The molecule has 0 aliphatic carbocycles. The van der Waals surface area contributed by atoms with Crippen molar-refractivity contribution in [3.8, 4) is 40.1 Å². The molecule has 0 amide bonds. The molecule has 8 N–H and O–H groups in total. The summed E-state index contributed by atoms with van der Waals surface area (Å²) in [7, 11) is -5.03. The van der Waals surface area contributed by atoms with Gasteiger partial charge in [0.2, 0.25) is 12.0 Å². The quantitative estimate of drug-likeness (QED) is 0.172. The van der Waals surface area contributed by atoms with Gasteiger partial charge in [-0.15, -0.1) is 0 Å². The normalized spacial score (nSPS) is 24.2. The van der Waals surface area contributed by atoms with Crippen molar-refractivity contribution in [1.29, 1.82) is 0 Å². The highest BCUT2D eigenvalue weighted by molar-refractivity contribution is 7.81. The minimum absolute atomic E-state index is 0.0722. The van der Waals surface area contributed by atoms with E-state index in [-0.39, 0.29) is 11.3 Å². The molecule has 16 heteroatoms. The molecule has 37 heavy (non-hydrogen) atoms. The molecule has 1 aliphatic heterocycles. The third-order valence-corrected chi connectivity index (χ3v) is 5.83. The topological polar surface area (TPSA) is 254 Å². The lowest BCUT2D eigenvalue weighted by Crippen LogP contribution is -2.60. The predicted molar refractivity (Wildman–Crippen MR) is 119 cm³/mol. The molecule has 1 aromatic heterocycles. The zero-order valence-electron chi connectivity index (χ0n) is 18.3. The zero-order chi connectivity index (χ0) is 27.2. The number of aliphatic hydroxyl groups excluding tert-OH is 4. The molecule has 2 heterocycles. The molecule has 2 aromatic carbocycles. The van der Waals surface area contributed by atoms with Crippen molar-refractivity contribution in [3.63, 3.8) is 0 Å². The van der Waals surface area contributed by atoms with E-state index in [2.05, 4.69) is 4.18 Å². The van der Waals surface area contributed by atoms with Crippen molar-refractivity contribution in [2.45, 2.75) is 30.7 Å². The second-order valence-electron chi connectivity index (χ2n) is 7.93. The Bertz CT molecular complexity index is 1500. The molecule has 15 nitrogen and oxygen atoms in total. The fraction of sp³-hybridized carbons (Fsp3) is 0.286. The Balaban J connectivity index is 1.84. The van der Waals surface area contributed by atoms with Crippen LogP contribution in [0.15, 0.2) is 39.5 Å². The van der Waals surface area contributed by atoms with E-state index in [1.165, 1.54) is 6.07 Å². The maximum atomic E-state index is 12.8. The molecule has 1 fully saturated rings. The van der Waals surface area contributed by atoms with Crippen LogP contribution in [0, 0.1) is 0 Å². The lowest BCUT2D eigenvalue weighted by molar-refractivity contribution is -0.277. The number of phenols is 3. The van der Waals surface area contributed by atoms with E-state index >= 15 is 0 Å². The Hall–Kier alpha value is -3.64. The monoisotopic (exact) mass is 544 g/mol. The molecule has 0 radical (unpaired) electrons. The molecule has 0 saturated carbocycles. The van der Waals surface area contributed by atoms with Gasteiger partial charge in [-0.25, -0.2) is 0 Å². The molecule has 5 atom stereocenters. The van der Waals surface area contributed by atoms with Gasteiger partial charge in [0.05, 0.1) is 6.61 Å². The number of benzene rings is 2. The van der Waals surface area contributed by atoms with Gasteiger partial charge in [0.15, 0.2) is 28.3 Å². The van der Waals surface area contributed by atoms with Crippen LogP contribution in [0.4, 0.5) is 0 Å². The van der Waals surface area contributed by atoms with Crippen molar-refractivity contribution in [1.82, 2.24) is 0 Å². The summed E-state index contributed by atoms with van der Waals surface area (Å²) in [6.45, 7) is -0.777. The Morgan fingerprint density at radius 1 is 0.919 bits per heavy atom. The third-order valence-electron chi connectivity index (χ3n) is 5.44. The second-order valence-corrected chi connectivity index (χ2v) is 8.95. The lowest BCUT2D eigenvalue weighted by Gasteiger charge is -2.39. The summed E-state index contributed by atoms with van der Waals surface area (Å²) in [5, 5.41) is 69.5. The maximum Gasteiger partial charge on any atom is 0.446 e. The van der Waals surface area contributed by atoms with Crippen LogP contribution in [0.1, 0.15) is 0 Å². The SMILES string of the molecule is O=c1cc(-c2ccc(O)c(OS(=O)(=O)O)c2)oc2c(O[C@@H]3OC(CO)[C@@H](O)[C@H](O)C3O)c(O)cc(O)c12. The van der Waals surface area contributed by atoms with Gasteiger partial charge >= 0.3 is 10.4 Å². The number of hydrogen-bond donors (Lipinski definition) is 8. The van der Waals surface area contributed by atoms with Crippen molar-refractivity contribution in [2.24, 2.45) is 0 Å². The first kappa shape index (κ1) is 26.4. The lowest BCUT2D eigenvalue weighted by atomic mass is 9.99. The van der Waals surface area contributed by atoms with Crippen LogP contribution in [0.25, 0.3) is 22.3 Å². The van der Waals surface area contributed by atoms with Gasteiger partial charge in [0.25, 0.3) is 0 Å². The summed E-state index contributed by atoms with van der Waals surface area (Å²) in [6.07, 6.45) is -8.60. The van der Waals surface area contributed by atoms with E-state index in [4.69, 9.17) is 18.4 Å². The molecule has 4 rings (SSSR count). The maximum absolute atomic E-state index is 12.8. The van der Waals surface area contributed by atoms with Gasteiger partial charge in [0, 0.05) is 17.7 Å². The van der Waals surface area contributed by atoms with E-state index in [0.717, 1.165) is 24.3 Å². The molecule has 1 saturated heterocycles. The average Bonchev–Trinajstić information content (AvgIpc) is 2.81. The van der Waals surface area contributed by atoms with E-state index in [0.29, 0.717) is 0 Å². The summed E-state index contributed by atoms with van der Waals surface area (Å²) >= 11 is 0. The molecule has 200 valence electrons. The van der Waals surface area contributed by atoms with Crippen LogP contribution in [0.3, 0.4) is 0 Å². The smallest absolute Gasteiger partial charge is 0.446 e. The van der Waals surface area contributed by atoms with Crippen LogP contribution in [0.5, 0.6) is 28.7 Å². The highest BCUT2D eigenvalue weighted by atomic mass is 32.3. The number of fused-ring (bicyclic) bond motifs is 1. The number of rotatable bonds is 6. The summed E-state index contributed by atoms with van der Waals surface area (Å²) < 4.78 is 51.6. The number of hydrogen-bond acceptors (Lipinski definition) is 14. The van der Waals surface area contributed by atoms with E-state index < -0.39 is 92.9 Å². The summed E-state index contributed by atoms with van der Waals surface area (Å²) in [6, 6.07) is 4.65. The average molecular weight is 544 g/mol. The molecule has 0 spiro atoms. The number of aromatic hydroxyl groups is 3. The predicted octanol–water partition coefficient (Wildman–Crippen LogP) is -1.06. The summed E-state index contributed by atoms with van der Waals surface area (Å²) in [5.41, 5.74) is -1.53. The number of phenolic OH excluding ortho intramolecular Hbond substituents is 3. The molecule has 2 unspecified atom stereocenters. The van der Waals surface area contributed by atoms with Gasteiger partial charge < -0.3 is 53.8 Å². The van der Waals surface area contributed by atoms with Crippen LogP contribution in [0.2, 0.25) is 0 Å². The first-order chi connectivity index (χ1) is 17.3. The van der Waals surface area contributed by atoms with Crippen LogP contribution < -0.4 is 14.3 Å². The van der Waals surface area contributed by atoms with Gasteiger partial charge in [-0.1, -0.05) is 0 Å². The Labute approximate surface area is 206 Å². The molecule has 0 bridgehead atoms. The first-order valence-electron chi connectivity index (χ1n) is 10.3. The Morgan fingerprint density at radius 2 is 1.62 bits per heavy atom. The fourth-order valence-electron chi connectivity index (χ4n) is 3.66. The van der Waals surface area contributed by atoms with Crippen LogP contribution >= 0.6 is 0 Å². The van der Waals surface area contributed by atoms with Gasteiger partial charge in [-0.05, 0) is 18.2 Å². The molecule has 3 aromatic rings. The van der Waals surface area contributed by atoms with Crippen molar-refractivity contribution in [3.05, 3.63) is 40.6 Å². The van der Waals surface area contributed by atoms with Crippen molar-refractivity contribution in [2.75, 3.05) is 6.61 Å².